The van der Waals surface area contributed by atoms with E-state index in [0.29, 0.717) is 5.69 Å². The maximum atomic E-state index is 12.1. The third kappa shape index (κ3) is 2.73. The number of aromatic nitrogens is 2. The fraction of sp³-hybridized carbons (Fsp3) is 0.154. The SMILES string of the molecule is Cc1ncnc(C(=O)Nc2cccc(Br)c2)c1C. The number of benzene rings is 1. The number of rotatable bonds is 2. The van der Waals surface area contributed by atoms with E-state index in [9.17, 15) is 4.79 Å². The number of nitrogens with zero attached hydrogens (tertiary/aromatic N) is 2. The van der Waals surface area contributed by atoms with Crippen molar-refractivity contribution in [1.29, 1.82) is 0 Å². The van der Waals surface area contributed by atoms with Gasteiger partial charge in [-0.15, -0.1) is 0 Å². The van der Waals surface area contributed by atoms with E-state index in [1.54, 1.807) is 0 Å². The average molecular weight is 306 g/mol. The zero-order valence-electron chi connectivity index (χ0n) is 10.1. The molecular weight excluding hydrogens is 294 g/mol. The summed E-state index contributed by atoms with van der Waals surface area (Å²) in [5.41, 5.74) is 2.74. The minimum atomic E-state index is -0.226. The maximum absolute atomic E-state index is 12.1. The highest BCUT2D eigenvalue weighted by molar-refractivity contribution is 9.10. The summed E-state index contributed by atoms with van der Waals surface area (Å²) in [6.45, 7) is 3.69. The van der Waals surface area contributed by atoms with Crippen LogP contribution in [0, 0.1) is 13.8 Å². The van der Waals surface area contributed by atoms with Crippen LogP contribution in [0.2, 0.25) is 0 Å². The molecule has 5 heteroatoms. The summed E-state index contributed by atoms with van der Waals surface area (Å²) in [4.78, 5) is 20.1. The highest BCUT2D eigenvalue weighted by Gasteiger charge is 2.12. The van der Waals surface area contributed by atoms with Gasteiger partial charge in [0.25, 0.3) is 5.91 Å². The quantitative estimate of drug-likeness (QED) is 0.927. The number of aryl methyl sites for hydroxylation is 1. The van der Waals surface area contributed by atoms with E-state index in [2.05, 4.69) is 31.2 Å². The van der Waals surface area contributed by atoms with Gasteiger partial charge < -0.3 is 5.32 Å². The van der Waals surface area contributed by atoms with Gasteiger partial charge in [-0.25, -0.2) is 9.97 Å². The second-order valence-corrected chi connectivity index (χ2v) is 4.81. The molecule has 4 nitrogen and oxygen atoms in total. The first kappa shape index (κ1) is 12.7. The Hall–Kier alpha value is -1.75. The van der Waals surface area contributed by atoms with E-state index in [1.165, 1.54) is 6.33 Å². The van der Waals surface area contributed by atoms with Crippen LogP contribution < -0.4 is 5.32 Å². The molecule has 1 aromatic carbocycles. The van der Waals surface area contributed by atoms with Gasteiger partial charge in [0.15, 0.2) is 0 Å². The first-order chi connectivity index (χ1) is 8.58. The molecule has 0 saturated heterocycles. The summed E-state index contributed by atoms with van der Waals surface area (Å²) in [5.74, 6) is -0.226. The number of anilines is 1. The lowest BCUT2D eigenvalue weighted by Crippen LogP contribution is -2.16. The van der Waals surface area contributed by atoms with Gasteiger partial charge in [-0.2, -0.15) is 0 Å². The fourth-order valence-corrected chi connectivity index (χ4v) is 1.92. The molecule has 0 aliphatic carbocycles. The third-order valence-electron chi connectivity index (χ3n) is 2.63. The van der Waals surface area contributed by atoms with Gasteiger partial charge in [0, 0.05) is 21.4 Å². The first-order valence-corrected chi connectivity index (χ1v) is 6.22. The minimum absolute atomic E-state index is 0.226. The summed E-state index contributed by atoms with van der Waals surface area (Å²) in [6.07, 6.45) is 1.40. The van der Waals surface area contributed by atoms with Crippen molar-refractivity contribution in [1.82, 2.24) is 9.97 Å². The Bertz CT molecular complexity index is 599. The lowest BCUT2D eigenvalue weighted by Gasteiger charge is -2.08. The van der Waals surface area contributed by atoms with Crippen molar-refractivity contribution < 1.29 is 4.79 Å². The molecule has 2 aromatic rings. The van der Waals surface area contributed by atoms with Gasteiger partial charge in [-0.05, 0) is 32.0 Å². The molecule has 1 N–H and O–H groups in total. The van der Waals surface area contributed by atoms with Crippen molar-refractivity contribution in [3.8, 4) is 0 Å². The van der Waals surface area contributed by atoms with E-state index in [-0.39, 0.29) is 5.91 Å². The van der Waals surface area contributed by atoms with Crippen molar-refractivity contribution in [2.24, 2.45) is 0 Å². The van der Waals surface area contributed by atoms with E-state index in [1.807, 2.05) is 38.1 Å². The van der Waals surface area contributed by atoms with Crippen LogP contribution in [-0.4, -0.2) is 15.9 Å². The normalized spacial score (nSPS) is 10.2. The van der Waals surface area contributed by atoms with Crippen LogP contribution in [0.5, 0.6) is 0 Å². The topological polar surface area (TPSA) is 54.9 Å². The number of hydrogen-bond acceptors (Lipinski definition) is 3. The molecule has 1 aromatic heterocycles. The molecule has 1 amide bonds. The number of carbonyl (C=O) groups is 1. The van der Waals surface area contributed by atoms with Crippen molar-refractivity contribution in [2.45, 2.75) is 13.8 Å². The zero-order chi connectivity index (χ0) is 13.1. The Balaban J connectivity index is 2.25. The Labute approximate surface area is 114 Å². The molecule has 1 heterocycles. The Kier molecular flexibility index (Phi) is 3.72. The van der Waals surface area contributed by atoms with Gasteiger partial charge in [0.1, 0.15) is 12.0 Å². The average Bonchev–Trinajstić information content (AvgIpc) is 2.32. The number of hydrogen-bond donors (Lipinski definition) is 1. The van der Waals surface area contributed by atoms with Crippen LogP contribution in [0.4, 0.5) is 5.69 Å². The van der Waals surface area contributed by atoms with Crippen LogP contribution in [0.15, 0.2) is 35.1 Å². The predicted octanol–water partition coefficient (Wildman–Crippen LogP) is 3.11. The highest BCUT2D eigenvalue weighted by Crippen LogP contribution is 2.17. The monoisotopic (exact) mass is 305 g/mol. The zero-order valence-corrected chi connectivity index (χ0v) is 11.7. The largest absolute Gasteiger partial charge is 0.321 e. The van der Waals surface area contributed by atoms with E-state index in [4.69, 9.17) is 0 Å². The standard InChI is InChI=1S/C13H12BrN3O/c1-8-9(2)15-7-16-12(8)13(18)17-11-5-3-4-10(14)6-11/h3-7H,1-2H3,(H,17,18). The van der Waals surface area contributed by atoms with Gasteiger partial charge in [0.05, 0.1) is 0 Å². The molecule has 0 fully saturated rings. The summed E-state index contributed by atoms with van der Waals surface area (Å²) >= 11 is 3.36. The molecule has 0 spiro atoms. The van der Waals surface area contributed by atoms with Crippen LogP contribution >= 0.6 is 15.9 Å². The Morgan fingerprint density at radius 2 is 2.06 bits per heavy atom. The molecule has 2 rings (SSSR count). The molecule has 0 aliphatic heterocycles. The predicted molar refractivity (Wildman–Crippen MR) is 73.6 cm³/mol. The van der Waals surface area contributed by atoms with Crippen LogP contribution in [0.3, 0.4) is 0 Å². The van der Waals surface area contributed by atoms with Gasteiger partial charge in [-0.1, -0.05) is 22.0 Å². The van der Waals surface area contributed by atoms with Gasteiger partial charge >= 0.3 is 0 Å². The van der Waals surface area contributed by atoms with E-state index in [0.717, 1.165) is 21.4 Å². The van der Waals surface area contributed by atoms with Crippen LogP contribution in [-0.2, 0) is 0 Å². The molecule has 0 bridgehead atoms. The van der Waals surface area contributed by atoms with Crippen molar-refractivity contribution in [2.75, 3.05) is 5.32 Å². The van der Waals surface area contributed by atoms with Crippen molar-refractivity contribution >= 4 is 27.5 Å². The summed E-state index contributed by atoms with van der Waals surface area (Å²) in [6, 6.07) is 7.42. The minimum Gasteiger partial charge on any atom is -0.321 e. The number of halogens is 1. The molecule has 0 radical (unpaired) electrons. The molecule has 0 unspecified atom stereocenters. The van der Waals surface area contributed by atoms with Gasteiger partial charge in [-0.3, -0.25) is 4.79 Å². The molecular formula is C13H12BrN3O. The summed E-state index contributed by atoms with van der Waals surface area (Å²) in [5, 5.41) is 2.81. The maximum Gasteiger partial charge on any atom is 0.274 e. The van der Waals surface area contributed by atoms with E-state index >= 15 is 0 Å². The van der Waals surface area contributed by atoms with Crippen LogP contribution in [0.25, 0.3) is 0 Å². The lowest BCUT2D eigenvalue weighted by molar-refractivity contribution is 0.102. The molecule has 0 saturated carbocycles. The van der Waals surface area contributed by atoms with Crippen molar-refractivity contribution in [3.63, 3.8) is 0 Å². The summed E-state index contributed by atoms with van der Waals surface area (Å²) in [7, 11) is 0. The number of amides is 1. The van der Waals surface area contributed by atoms with Gasteiger partial charge in [0.2, 0.25) is 0 Å². The van der Waals surface area contributed by atoms with E-state index < -0.39 is 0 Å². The van der Waals surface area contributed by atoms with Crippen molar-refractivity contribution in [3.05, 3.63) is 52.0 Å². The molecule has 0 atom stereocenters. The Morgan fingerprint density at radius 1 is 1.28 bits per heavy atom. The second-order valence-electron chi connectivity index (χ2n) is 3.90. The molecule has 0 aliphatic rings. The highest BCUT2D eigenvalue weighted by atomic mass is 79.9. The Morgan fingerprint density at radius 3 is 2.78 bits per heavy atom. The third-order valence-corrected chi connectivity index (χ3v) is 3.13. The second kappa shape index (κ2) is 5.27. The lowest BCUT2D eigenvalue weighted by atomic mass is 10.2. The smallest absolute Gasteiger partial charge is 0.274 e. The number of nitrogens with one attached hydrogen (secondary N) is 1. The molecule has 18 heavy (non-hydrogen) atoms. The summed E-state index contributed by atoms with van der Waals surface area (Å²) < 4.78 is 0.913. The number of carbonyl (C=O) groups excluding carboxylic acids is 1. The molecule has 92 valence electrons. The first-order valence-electron chi connectivity index (χ1n) is 5.43. The fourth-order valence-electron chi connectivity index (χ4n) is 1.52. The van der Waals surface area contributed by atoms with Crippen LogP contribution in [0.1, 0.15) is 21.7 Å².